The maximum atomic E-state index is 10.0. The van der Waals surface area contributed by atoms with Crippen LogP contribution in [0.4, 0.5) is 0 Å². The number of aliphatic hydroxyl groups excluding tert-OH is 2. The van der Waals surface area contributed by atoms with Crippen LogP contribution < -0.4 is 0 Å². The van der Waals surface area contributed by atoms with Gasteiger partial charge in [-0.3, -0.25) is 0 Å². The van der Waals surface area contributed by atoms with Crippen molar-refractivity contribution in [3.63, 3.8) is 0 Å². The van der Waals surface area contributed by atoms with E-state index in [-0.39, 0.29) is 5.41 Å². The zero-order valence-corrected chi connectivity index (χ0v) is 13.1. The fourth-order valence-electron chi connectivity index (χ4n) is 4.04. The highest BCUT2D eigenvalue weighted by molar-refractivity contribution is 5.25. The Morgan fingerprint density at radius 2 is 2.00 bits per heavy atom. The van der Waals surface area contributed by atoms with E-state index in [9.17, 15) is 10.2 Å². The quantitative estimate of drug-likeness (QED) is 0.626. The number of fused-ring (bicyclic) bond motifs is 1. The van der Waals surface area contributed by atoms with Gasteiger partial charge in [0.1, 0.15) is 0 Å². The molecule has 2 unspecified atom stereocenters. The van der Waals surface area contributed by atoms with Crippen molar-refractivity contribution in [1.82, 2.24) is 0 Å². The van der Waals surface area contributed by atoms with Gasteiger partial charge in [0.05, 0.1) is 18.8 Å². The highest BCUT2D eigenvalue weighted by Crippen LogP contribution is 2.52. The number of aliphatic hydroxyl groups is 2. The molecule has 1 fully saturated rings. The summed E-state index contributed by atoms with van der Waals surface area (Å²) in [5, 5.41) is 19.8. The second-order valence-electron chi connectivity index (χ2n) is 6.73. The monoisotopic (exact) mass is 302 g/mol. The second kappa shape index (κ2) is 6.95. The summed E-state index contributed by atoms with van der Waals surface area (Å²) in [5.41, 5.74) is 2.70. The third-order valence-corrected chi connectivity index (χ3v) is 5.20. The van der Waals surface area contributed by atoms with Gasteiger partial charge in [0.25, 0.3) is 0 Å². The maximum absolute atomic E-state index is 10.0. The van der Waals surface area contributed by atoms with Gasteiger partial charge in [-0.2, -0.15) is 0 Å². The molecule has 2 N–H and O–H groups in total. The van der Waals surface area contributed by atoms with E-state index in [0.29, 0.717) is 13.0 Å². The summed E-state index contributed by atoms with van der Waals surface area (Å²) in [6.07, 6.45) is 6.80. The predicted molar refractivity (Wildman–Crippen MR) is 86.3 cm³/mol. The maximum Gasteiger partial charge on any atom is 0.0983 e. The minimum atomic E-state index is -0.671. The molecule has 1 aromatic rings. The van der Waals surface area contributed by atoms with Gasteiger partial charge < -0.3 is 14.9 Å². The fraction of sp³-hybridized carbons (Fsp3) is 0.579. The molecular weight excluding hydrogens is 276 g/mol. The van der Waals surface area contributed by atoms with Crippen LogP contribution >= 0.6 is 0 Å². The van der Waals surface area contributed by atoms with E-state index in [1.165, 1.54) is 17.6 Å². The molecule has 1 saturated carbocycles. The molecule has 0 aliphatic heterocycles. The Morgan fingerprint density at radius 3 is 2.82 bits per heavy atom. The first-order valence-electron chi connectivity index (χ1n) is 8.39. The molecule has 0 amide bonds. The van der Waals surface area contributed by atoms with E-state index in [1.54, 1.807) is 0 Å². The van der Waals surface area contributed by atoms with Gasteiger partial charge in [-0.15, -0.1) is 0 Å². The molecule has 0 saturated heterocycles. The third-order valence-electron chi connectivity index (χ3n) is 5.20. The van der Waals surface area contributed by atoms with Gasteiger partial charge in [-0.05, 0) is 49.5 Å². The van der Waals surface area contributed by atoms with Gasteiger partial charge in [0.15, 0.2) is 0 Å². The predicted octanol–water partition coefficient (Wildman–Crippen LogP) is 3.21. The molecule has 0 radical (unpaired) electrons. The summed E-state index contributed by atoms with van der Waals surface area (Å²) >= 11 is 0. The first kappa shape index (κ1) is 15.7. The minimum Gasteiger partial charge on any atom is -0.390 e. The topological polar surface area (TPSA) is 49.7 Å². The molecule has 3 atom stereocenters. The molecule has 22 heavy (non-hydrogen) atoms. The molecular formula is C19H26O3. The van der Waals surface area contributed by atoms with E-state index in [2.05, 4.69) is 12.1 Å². The van der Waals surface area contributed by atoms with Gasteiger partial charge >= 0.3 is 0 Å². The summed E-state index contributed by atoms with van der Waals surface area (Å²) in [6, 6.07) is 10.2. The van der Waals surface area contributed by atoms with Crippen LogP contribution in [0.2, 0.25) is 0 Å². The smallest absolute Gasteiger partial charge is 0.0983 e. The Kier molecular flexibility index (Phi) is 4.97. The number of allylic oxidation sites excluding steroid dienone is 1. The van der Waals surface area contributed by atoms with Crippen LogP contribution in [0.3, 0.4) is 0 Å². The van der Waals surface area contributed by atoms with Gasteiger partial charge in [0.2, 0.25) is 0 Å². The van der Waals surface area contributed by atoms with Crippen molar-refractivity contribution in [3.05, 3.63) is 47.5 Å². The van der Waals surface area contributed by atoms with Crippen molar-refractivity contribution in [1.29, 1.82) is 0 Å². The number of hydrogen-bond acceptors (Lipinski definition) is 3. The van der Waals surface area contributed by atoms with Crippen LogP contribution in [0, 0.1) is 5.41 Å². The van der Waals surface area contributed by atoms with Gasteiger partial charge in [-0.1, -0.05) is 42.0 Å². The number of hydrogen-bond donors (Lipinski definition) is 2. The molecule has 2 aliphatic rings. The Morgan fingerprint density at radius 1 is 1.18 bits per heavy atom. The molecule has 2 aliphatic carbocycles. The Bertz CT molecular complexity index is 511. The highest BCUT2D eigenvalue weighted by atomic mass is 16.5. The number of rotatable bonds is 6. The lowest BCUT2D eigenvalue weighted by molar-refractivity contribution is 0.00341. The van der Waals surface area contributed by atoms with Gasteiger partial charge in [0, 0.05) is 6.61 Å². The molecule has 1 aromatic carbocycles. The van der Waals surface area contributed by atoms with Crippen molar-refractivity contribution in [2.75, 3.05) is 6.61 Å². The third kappa shape index (κ3) is 3.43. The number of ether oxygens (including phenoxy) is 1. The normalized spacial score (nSPS) is 30.9. The Hall–Kier alpha value is -1.16. The van der Waals surface area contributed by atoms with Crippen molar-refractivity contribution in [2.45, 2.75) is 57.3 Å². The van der Waals surface area contributed by atoms with E-state index in [1.807, 2.05) is 24.3 Å². The summed E-state index contributed by atoms with van der Waals surface area (Å²) in [6.45, 7) is 1.42. The fourth-order valence-corrected chi connectivity index (χ4v) is 4.04. The first-order valence-corrected chi connectivity index (χ1v) is 8.39. The first-order chi connectivity index (χ1) is 10.7. The SMILES string of the molecule is OC1C=C2CCC[C@@]2(CCCOCc2ccccc2)CC1O. The molecule has 3 rings (SSSR count). The Labute approximate surface area is 132 Å². The number of benzene rings is 1. The summed E-state index contributed by atoms with van der Waals surface area (Å²) in [5.74, 6) is 0. The molecule has 3 nitrogen and oxygen atoms in total. The van der Waals surface area contributed by atoms with Crippen LogP contribution in [-0.4, -0.2) is 29.0 Å². The lowest BCUT2D eigenvalue weighted by atomic mass is 9.69. The van der Waals surface area contributed by atoms with Crippen LogP contribution in [0.5, 0.6) is 0 Å². The standard InChI is InChI=1S/C19H26O3/c20-17-12-16-8-4-9-19(16,13-18(17)21)10-5-11-22-14-15-6-2-1-3-7-15/h1-3,6-7,12,17-18,20-21H,4-5,8-11,13-14H2/t17?,18?,19-/m1/s1. The summed E-state index contributed by atoms with van der Waals surface area (Å²) in [7, 11) is 0. The van der Waals surface area contributed by atoms with Gasteiger partial charge in [-0.25, -0.2) is 0 Å². The van der Waals surface area contributed by atoms with Crippen LogP contribution in [0.15, 0.2) is 42.0 Å². The largest absolute Gasteiger partial charge is 0.390 e. The van der Waals surface area contributed by atoms with E-state index in [4.69, 9.17) is 4.74 Å². The second-order valence-corrected chi connectivity index (χ2v) is 6.73. The van der Waals surface area contributed by atoms with Crippen molar-refractivity contribution >= 4 is 0 Å². The molecule has 120 valence electrons. The highest BCUT2D eigenvalue weighted by Gasteiger charge is 2.43. The average molecular weight is 302 g/mol. The zero-order valence-electron chi connectivity index (χ0n) is 13.1. The molecule has 0 heterocycles. The lowest BCUT2D eigenvalue weighted by Crippen LogP contribution is -2.37. The van der Waals surface area contributed by atoms with Crippen molar-refractivity contribution in [2.24, 2.45) is 5.41 Å². The molecule has 0 spiro atoms. The van der Waals surface area contributed by atoms with E-state index < -0.39 is 12.2 Å². The minimum absolute atomic E-state index is 0.120. The average Bonchev–Trinajstić information content (AvgIpc) is 2.91. The summed E-state index contributed by atoms with van der Waals surface area (Å²) in [4.78, 5) is 0. The van der Waals surface area contributed by atoms with E-state index >= 15 is 0 Å². The van der Waals surface area contributed by atoms with Crippen molar-refractivity contribution < 1.29 is 14.9 Å². The van der Waals surface area contributed by atoms with Crippen LogP contribution in [0.25, 0.3) is 0 Å². The molecule has 0 bridgehead atoms. The summed E-state index contributed by atoms with van der Waals surface area (Å²) < 4.78 is 5.77. The van der Waals surface area contributed by atoms with Crippen LogP contribution in [-0.2, 0) is 11.3 Å². The zero-order chi connectivity index (χ0) is 15.4. The van der Waals surface area contributed by atoms with Crippen LogP contribution in [0.1, 0.15) is 44.1 Å². The van der Waals surface area contributed by atoms with Crippen molar-refractivity contribution in [3.8, 4) is 0 Å². The van der Waals surface area contributed by atoms with E-state index in [0.717, 1.165) is 32.3 Å². The Balaban J connectivity index is 1.47. The molecule has 3 heteroatoms. The molecule has 0 aromatic heterocycles. The lowest BCUT2D eigenvalue weighted by Gasteiger charge is -2.38.